The summed E-state index contributed by atoms with van der Waals surface area (Å²) >= 11 is 0. The Bertz CT molecular complexity index is 368. The Morgan fingerprint density at radius 3 is 2.62 bits per heavy atom. The maximum Gasteiger partial charge on any atom is 0.0127 e. The molecule has 1 heteroatoms. The van der Waals surface area contributed by atoms with Crippen LogP contribution in [0.15, 0.2) is 30.3 Å². The fraction of sp³-hybridized carbons (Fsp3) is 0.600. The van der Waals surface area contributed by atoms with Crippen molar-refractivity contribution in [3.8, 4) is 0 Å². The van der Waals surface area contributed by atoms with Gasteiger partial charge < -0.3 is 5.73 Å². The number of hydrogen-bond donors (Lipinski definition) is 1. The Morgan fingerprint density at radius 2 is 2.00 bits per heavy atom. The molecule has 1 nitrogen and oxygen atoms in total. The van der Waals surface area contributed by atoms with Crippen molar-refractivity contribution >= 4 is 0 Å². The summed E-state index contributed by atoms with van der Waals surface area (Å²) in [6.45, 7) is 2.41. The zero-order valence-corrected chi connectivity index (χ0v) is 10.0. The molecule has 0 aromatic heterocycles. The van der Waals surface area contributed by atoms with Gasteiger partial charge in [0.15, 0.2) is 0 Å². The number of rotatable bonds is 2. The fourth-order valence-electron chi connectivity index (χ4n) is 4.05. The third-order valence-electron chi connectivity index (χ3n) is 5.10. The summed E-state index contributed by atoms with van der Waals surface area (Å²) in [5, 5.41) is 0. The van der Waals surface area contributed by atoms with E-state index < -0.39 is 0 Å². The van der Waals surface area contributed by atoms with Crippen LogP contribution in [0.25, 0.3) is 0 Å². The van der Waals surface area contributed by atoms with Crippen molar-refractivity contribution in [3.05, 3.63) is 35.9 Å². The second-order valence-electron chi connectivity index (χ2n) is 5.96. The summed E-state index contributed by atoms with van der Waals surface area (Å²) < 4.78 is 0. The van der Waals surface area contributed by atoms with Crippen molar-refractivity contribution in [1.29, 1.82) is 0 Å². The van der Waals surface area contributed by atoms with Crippen LogP contribution in [0.2, 0.25) is 0 Å². The molecule has 0 heterocycles. The van der Waals surface area contributed by atoms with Crippen LogP contribution < -0.4 is 5.73 Å². The number of nitrogens with two attached hydrogens (primary N) is 1. The molecule has 0 amide bonds. The normalized spacial score (nSPS) is 41.5. The van der Waals surface area contributed by atoms with E-state index in [1.165, 1.54) is 24.8 Å². The van der Waals surface area contributed by atoms with Crippen molar-refractivity contribution in [2.24, 2.45) is 23.0 Å². The molecule has 1 aromatic carbocycles. The lowest BCUT2D eigenvalue weighted by Crippen LogP contribution is -2.45. The predicted octanol–water partition coefficient (Wildman–Crippen LogP) is 2.99. The average Bonchev–Trinajstić information content (AvgIpc) is 2.85. The molecule has 2 saturated carbocycles. The molecule has 2 bridgehead atoms. The molecule has 4 atom stereocenters. The summed E-state index contributed by atoms with van der Waals surface area (Å²) in [5.41, 5.74) is 8.25. The predicted molar refractivity (Wildman–Crippen MR) is 67.1 cm³/mol. The van der Waals surface area contributed by atoms with Crippen LogP contribution in [0.1, 0.15) is 31.7 Å². The monoisotopic (exact) mass is 215 g/mol. The van der Waals surface area contributed by atoms with Gasteiger partial charge in [0.1, 0.15) is 0 Å². The molecule has 2 N–H and O–H groups in total. The van der Waals surface area contributed by atoms with Crippen LogP contribution in [0.4, 0.5) is 0 Å². The molecule has 1 aromatic rings. The van der Waals surface area contributed by atoms with Crippen molar-refractivity contribution in [2.75, 3.05) is 0 Å². The van der Waals surface area contributed by atoms with E-state index in [0.717, 1.165) is 18.3 Å². The van der Waals surface area contributed by atoms with Crippen LogP contribution >= 0.6 is 0 Å². The maximum atomic E-state index is 6.45. The summed E-state index contributed by atoms with van der Waals surface area (Å²) in [6, 6.07) is 11.3. The minimum atomic E-state index is 0.351. The van der Waals surface area contributed by atoms with Gasteiger partial charge in [-0.25, -0.2) is 0 Å². The SMILES string of the molecule is C[C@@]1(Cc2ccccc2)[C@H]2CC[C@H](C2)[C@H]1N. The quantitative estimate of drug-likeness (QED) is 0.806. The Morgan fingerprint density at radius 1 is 1.25 bits per heavy atom. The molecule has 0 spiro atoms. The molecule has 0 radical (unpaired) electrons. The molecule has 2 fully saturated rings. The van der Waals surface area contributed by atoms with Gasteiger partial charge >= 0.3 is 0 Å². The summed E-state index contributed by atoms with van der Waals surface area (Å²) in [4.78, 5) is 0. The van der Waals surface area contributed by atoms with E-state index in [2.05, 4.69) is 37.3 Å². The minimum absolute atomic E-state index is 0.351. The van der Waals surface area contributed by atoms with Gasteiger partial charge in [-0.15, -0.1) is 0 Å². The van der Waals surface area contributed by atoms with Crippen molar-refractivity contribution < 1.29 is 0 Å². The second-order valence-corrected chi connectivity index (χ2v) is 5.96. The van der Waals surface area contributed by atoms with Crippen LogP contribution in [0.5, 0.6) is 0 Å². The maximum absolute atomic E-state index is 6.45. The third kappa shape index (κ3) is 1.41. The van der Waals surface area contributed by atoms with Gasteiger partial charge in [-0.05, 0) is 48.5 Å². The third-order valence-corrected chi connectivity index (χ3v) is 5.10. The lowest BCUT2D eigenvalue weighted by atomic mass is 9.68. The van der Waals surface area contributed by atoms with Crippen molar-refractivity contribution in [1.82, 2.24) is 0 Å². The van der Waals surface area contributed by atoms with Gasteiger partial charge in [-0.3, -0.25) is 0 Å². The largest absolute Gasteiger partial charge is 0.327 e. The highest BCUT2D eigenvalue weighted by Gasteiger charge is 2.53. The topological polar surface area (TPSA) is 26.0 Å². The number of hydrogen-bond acceptors (Lipinski definition) is 1. The van der Waals surface area contributed by atoms with Crippen LogP contribution in [-0.2, 0) is 6.42 Å². The molecule has 86 valence electrons. The van der Waals surface area contributed by atoms with E-state index in [9.17, 15) is 0 Å². The van der Waals surface area contributed by atoms with Crippen LogP contribution in [0.3, 0.4) is 0 Å². The van der Waals surface area contributed by atoms with E-state index in [0.29, 0.717) is 11.5 Å². The molecule has 2 aliphatic carbocycles. The molecule has 0 saturated heterocycles. The van der Waals surface area contributed by atoms with E-state index in [-0.39, 0.29) is 0 Å². The first-order chi connectivity index (χ1) is 7.70. The van der Waals surface area contributed by atoms with Gasteiger partial charge in [0, 0.05) is 6.04 Å². The molecule has 16 heavy (non-hydrogen) atoms. The van der Waals surface area contributed by atoms with Gasteiger partial charge in [0.25, 0.3) is 0 Å². The van der Waals surface area contributed by atoms with E-state index in [1.807, 2.05) is 0 Å². The first-order valence-electron chi connectivity index (χ1n) is 6.49. The molecule has 0 unspecified atom stereocenters. The first kappa shape index (κ1) is 10.3. The molecular weight excluding hydrogens is 194 g/mol. The van der Waals surface area contributed by atoms with Crippen LogP contribution in [0, 0.1) is 17.3 Å². The molecule has 0 aliphatic heterocycles. The summed E-state index contributed by atoms with van der Waals surface area (Å²) in [5.74, 6) is 1.67. The van der Waals surface area contributed by atoms with Crippen LogP contribution in [-0.4, -0.2) is 6.04 Å². The van der Waals surface area contributed by atoms with Gasteiger partial charge in [-0.1, -0.05) is 37.3 Å². The highest BCUT2D eigenvalue weighted by molar-refractivity contribution is 5.20. The standard InChI is InChI=1S/C15H21N/c1-15(10-11-5-3-2-4-6-11)13-8-7-12(9-13)14(15)16/h2-6,12-14H,7-10,16H2,1H3/t12-,13+,14-,15-/m1/s1. The Labute approximate surface area is 98.0 Å². The average molecular weight is 215 g/mol. The molecule has 2 aliphatic rings. The zero-order valence-electron chi connectivity index (χ0n) is 10.0. The molecule has 3 rings (SSSR count). The van der Waals surface area contributed by atoms with Crippen molar-refractivity contribution in [2.45, 2.75) is 38.6 Å². The van der Waals surface area contributed by atoms with Gasteiger partial charge in [-0.2, -0.15) is 0 Å². The molecular formula is C15H21N. The lowest BCUT2D eigenvalue weighted by Gasteiger charge is -2.39. The highest BCUT2D eigenvalue weighted by atomic mass is 14.8. The number of benzene rings is 1. The lowest BCUT2D eigenvalue weighted by molar-refractivity contribution is 0.155. The minimum Gasteiger partial charge on any atom is -0.327 e. The zero-order chi connectivity index (χ0) is 11.2. The smallest absolute Gasteiger partial charge is 0.0127 e. The number of fused-ring (bicyclic) bond motifs is 2. The summed E-state index contributed by atoms with van der Waals surface area (Å²) in [6.07, 6.45) is 5.32. The first-order valence-corrected chi connectivity index (χ1v) is 6.49. The Balaban J connectivity index is 1.84. The summed E-state index contributed by atoms with van der Waals surface area (Å²) in [7, 11) is 0. The second kappa shape index (κ2) is 3.59. The van der Waals surface area contributed by atoms with E-state index >= 15 is 0 Å². The Kier molecular flexibility index (Phi) is 2.32. The van der Waals surface area contributed by atoms with Gasteiger partial charge in [0.2, 0.25) is 0 Å². The van der Waals surface area contributed by atoms with E-state index in [1.54, 1.807) is 0 Å². The Hall–Kier alpha value is -0.820. The highest BCUT2D eigenvalue weighted by Crippen LogP contribution is 2.56. The van der Waals surface area contributed by atoms with Crippen molar-refractivity contribution in [3.63, 3.8) is 0 Å². The van der Waals surface area contributed by atoms with E-state index in [4.69, 9.17) is 5.73 Å². The fourth-order valence-corrected chi connectivity index (χ4v) is 4.05. The van der Waals surface area contributed by atoms with Gasteiger partial charge in [0.05, 0.1) is 0 Å².